The van der Waals surface area contributed by atoms with E-state index in [1.54, 1.807) is 0 Å². The number of alkyl halides is 2. The zero-order valence-corrected chi connectivity index (χ0v) is 22.0. The number of likely N-dealkylation sites (N-methyl/N-ethyl adjacent to an activating group) is 1. The number of carbonyl (C=O) groups excluding carboxylic acids is 1. The van der Waals surface area contributed by atoms with Gasteiger partial charge in [-0.25, -0.2) is 9.37 Å². The van der Waals surface area contributed by atoms with Crippen molar-refractivity contribution in [2.24, 2.45) is 5.84 Å². The lowest BCUT2D eigenvalue weighted by atomic mass is 10.1. The van der Waals surface area contributed by atoms with Crippen LogP contribution in [-0.4, -0.2) is 65.0 Å². The van der Waals surface area contributed by atoms with Crippen LogP contribution in [-0.2, 0) is 17.9 Å². The van der Waals surface area contributed by atoms with Crippen LogP contribution in [0.25, 0.3) is 5.65 Å². The number of amides is 1. The molecule has 40 heavy (non-hydrogen) atoms. The summed E-state index contributed by atoms with van der Waals surface area (Å²) in [5, 5.41) is 5.48. The number of piperazine rings is 1. The van der Waals surface area contributed by atoms with E-state index in [1.807, 2.05) is 6.20 Å². The summed E-state index contributed by atoms with van der Waals surface area (Å²) in [4.78, 5) is 25.9. The monoisotopic (exact) mass is 559 g/mol. The molecular formula is C26H32F3N9O2. The molecule has 2 fully saturated rings. The van der Waals surface area contributed by atoms with E-state index >= 15 is 0 Å². The quantitative estimate of drug-likeness (QED) is 0.158. The summed E-state index contributed by atoms with van der Waals surface area (Å²) >= 11 is 0. The molecular weight excluding hydrogens is 527 g/mol. The average molecular weight is 560 g/mol. The van der Waals surface area contributed by atoms with Gasteiger partial charge in [-0.1, -0.05) is 0 Å². The highest BCUT2D eigenvalue weighted by Gasteiger charge is 2.27. The number of nitrogens with one attached hydrogen (secondary N) is 3. The summed E-state index contributed by atoms with van der Waals surface area (Å²) < 4.78 is 45.4. The van der Waals surface area contributed by atoms with Crippen molar-refractivity contribution < 1.29 is 22.7 Å². The largest absolute Gasteiger partial charge is 0.432 e. The van der Waals surface area contributed by atoms with Crippen molar-refractivity contribution >= 4 is 17.2 Å². The van der Waals surface area contributed by atoms with Gasteiger partial charge in [-0.2, -0.15) is 8.78 Å². The minimum absolute atomic E-state index is 0.0293. The van der Waals surface area contributed by atoms with Crippen LogP contribution in [0, 0.1) is 5.82 Å². The molecule has 214 valence electrons. The standard InChI is InChI=1S/C26H32F3N9O2/c1-36-6-8-37(9-7-36)21-10-17(16-2-3-16)14-38-15-18(34-24(21)38)11-31-12-20(35-30)25(39)33-13-19-23(27)22(4-5-32-19)40-26(28)29/h4-5,10,12,14-16,26,31,35H,2-3,6-9,11,13,30H2,1H3,(H,33,39)/b20-12-. The third kappa shape index (κ3) is 6.39. The first-order chi connectivity index (χ1) is 19.3. The van der Waals surface area contributed by atoms with E-state index in [1.165, 1.54) is 24.6 Å². The predicted octanol–water partition coefficient (Wildman–Crippen LogP) is 1.81. The van der Waals surface area contributed by atoms with E-state index < -0.39 is 24.1 Å². The lowest BCUT2D eigenvalue weighted by molar-refractivity contribution is -0.118. The first kappa shape index (κ1) is 27.5. The van der Waals surface area contributed by atoms with Gasteiger partial charge in [-0.05, 0) is 37.4 Å². The Morgan fingerprint density at radius 3 is 2.70 bits per heavy atom. The third-order valence-electron chi connectivity index (χ3n) is 6.98. The van der Waals surface area contributed by atoms with Crippen molar-refractivity contribution in [2.45, 2.75) is 38.5 Å². The van der Waals surface area contributed by atoms with Crippen LogP contribution in [0.5, 0.6) is 5.75 Å². The van der Waals surface area contributed by atoms with Gasteiger partial charge in [0.1, 0.15) is 5.70 Å². The van der Waals surface area contributed by atoms with Crippen molar-refractivity contribution in [3.05, 3.63) is 65.4 Å². The molecule has 1 saturated carbocycles. The molecule has 1 amide bonds. The number of carbonyl (C=O) groups is 1. The van der Waals surface area contributed by atoms with Gasteiger partial charge in [0.25, 0.3) is 5.91 Å². The lowest BCUT2D eigenvalue weighted by Crippen LogP contribution is -2.44. The fourth-order valence-corrected chi connectivity index (χ4v) is 4.62. The zero-order chi connectivity index (χ0) is 28.2. The SMILES string of the molecule is CN1CCN(c2cc(C3CC3)cn3cc(CN/C=C(\NN)C(=O)NCc4nccc(OC(F)F)c4F)nc23)CC1. The predicted molar refractivity (Wildman–Crippen MR) is 142 cm³/mol. The molecule has 0 atom stereocenters. The number of aromatic nitrogens is 3. The van der Waals surface area contributed by atoms with Crippen molar-refractivity contribution in [3.8, 4) is 5.75 Å². The Kier molecular flexibility index (Phi) is 8.26. The molecule has 4 heterocycles. The number of hydrogen-bond donors (Lipinski definition) is 4. The summed E-state index contributed by atoms with van der Waals surface area (Å²) in [6.07, 6.45) is 9.02. The van der Waals surface area contributed by atoms with Gasteiger partial charge >= 0.3 is 6.61 Å². The number of fused-ring (bicyclic) bond motifs is 1. The van der Waals surface area contributed by atoms with Crippen LogP contribution in [0.2, 0.25) is 0 Å². The van der Waals surface area contributed by atoms with Crippen molar-refractivity contribution in [3.63, 3.8) is 0 Å². The summed E-state index contributed by atoms with van der Waals surface area (Å²) in [7, 11) is 2.13. The van der Waals surface area contributed by atoms with Crippen molar-refractivity contribution in [2.75, 3.05) is 38.1 Å². The molecule has 11 nitrogen and oxygen atoms in total. The molecule has 1 aliphatic carbocycles. The number of hydrazine groups is 1. The number of ether oxygens (including phenoxy) is 1. The van der Waals surface area contributed by atoms with Crippen LogP contribution in [0.4, 0.5) is 18.9 Å². The van der Waals surface area contributed by atoms with Crippen LogP contribution in [0.1, 0.15) is 35.7 Å². The average Bonchev–Trinajstić information content (AvgIpc) is 3.70. The third-order valence-corrected chi connectivity index (χ3v) is 6.98. The number of pyridine rings is 2. The topological polar surface area (TPSA) is 125 Å². The van der Waals surface area contributed by atoms with Crippen molar-refractivity contribution in [1.29, 1.82) is 0 Å². The van der Waals surface area contributed by atoms with E-state index in [0.717, 1.165) is 55.5 Å². The summed E-state index contributed by atoms with van der Waals surface area (Å²) in [6.45, 7) is 0.634. The minimum atomic E-state index is -3.19. The van der Waals surface area contributed by atoms with Crippen molar-refractivity contribution in [1.82, 2.24) is 35.3 Å². The van der Waals surface area contributed by atoms with E-state index in [2.05, 4.69) is 59.3 Å². The number of rotatable bonds is 11. The second kappa shape index (κ2) is 12.0. The van der Waals surface area contributed by atoms with E-state index in [9.17, 15) is 18.0 Å². The lowest BCUT2D eigenvalue weighted by Gasteiger charge is -2.34. The normalized spacial score (nSPS) is 16.4. The Labute approximate surface area is 229 Å². The highest BCUT2D eigenvalue weighted by molar-refractivity contribution is 5.92. The number of halogens is 3. The molecule has 5 N–H and O–H groups in total. The van der Waals surface area contributed by atoms with Crippen LogP contribution < -0.4 is 31.5 Å². The molecule has 0 unspecified atom stereocenters. The molecule has 0 spiro atoms. The number of imidazole rings is 1. The molecule has 3 aromatic heterocycles. The maximum Gasteiger partial charge on any atom is 0.387 e. The van der Waals surface area contributed by atoms with Gasteiger partial charge in [-0.15, -0.1) is 0 Å². The molecule has 2 aliphatic rings. The summed E-state index contributed by atoms with van der Waals surface area (Å²) in [6, 6.07) is 3.25. The maximum absolute atomic E-state index is 14.3. The molecule has 14 heteroatoms. The van der Waals surface area contributed by atoms with Crippen LogP contribution >= 0.6 is 0 Å². The number of anilines is 1. The number of nitrogens with zero attached hydrogens (tertiary/aromatic N) is 5. The Morgan fingerprint density at radius 2 is 2.00 bits per heavy atom. The van der Waals surface area contributed by atoms with Gasteiger partial charge in [0.05, 0.1) is 30.2 Å². The smallest absolute Gasteiger partial charge is 0.387 e. The molecule has 0 bridgehead atoms. The second-order valence-corrected chi connectivity index (χ2v) is 9.90. The number of nitrogens with two attached hydrogens (primary N) is 1. The summed E-state index contributed by atoms with van der Waals surface area (Å²) in [5.74, 6) is 3.72. The molecule has 1 aliphatic heterocycles. The number of hydrogen-bond acceptors (Lipinski definition) is 9. The van der Waals surface area contributed by atoms with Crippen LogP contribution in [0.15, 0.2) is 42.6 Å². The highest BCUT2D eigenvalue weighted by atomic mass is 19.3. The van der Waals surface area contributed by atoms with E-state index in [0.29, 0.717) is 12.5 Å². The Bertz CT molecular complexity index is 1390. The fraction of sp³-hybridized carbons (Fsp3) is 0.423. The molecule has 1 saturated heterocycles. The molecule has 0 aromatic carbocycles. The summed E-state index contributed by atoms with van der Waals surface area (Å²) in [5.41, 5.74) is 6.12. The van der Waals surface area contributed by atoms with Gasteiger partial charge in [0.2, 0.25) is 0 Å². The fourth-order valence-electron chi connectivity index (χ4n) is 4.62. The van der Waals surface area contributed by atoms with E-state index in [4.69, 9.17) is 10.8 Å². The zero-order valence-electron chi connectivity index (χ0n) is 22.0. The Balaban J connectivity index is 1.24. The second-order valence-electron chi connectivity index (χ2n) is 9.90. The first-order valence-corrected chi connectivity index (χ1v) is 13.0. The first-order valence-electron chi connectivity index (χ1n) is 13.0. The maximum atomic E-state index is 14.3. The Hall–Kier alpha value is -4.04. The van der Waals surface area contributed by atoms with Crippen LogP contribution in [0.3, 0.4) is 0 Å². The van der Waals surface area contributed by atoms with Gasteiger partial charge in [0.15, 0.2) is 17.2 Å². The molecule has 3 aromatic rings. The van der Waals surface area contributed by atoms with E-state index in [-0.39, 0.29) is 17.9 Å². The Morgan fingerprint density at radius 1 is 1.23 bits per heavy atom. The molecule has 0 radical (unpaired) electrons. The molecule has 5 rings (SSSR count). The van der Waals surface area contributed by atoms with Gasteiger partial charge < -0.3 is 35.0 Å². The minimum Gasteiger partial charge on any atom is -0.432 e. The van der Waals surface area contributed by atoms with Gasteiger partial charge in [-0.3, -0.25) is 15.6 Å². The van der Waals surface area contributed by atoms with Gasteiger partial charge in [0, 0.05) is 57.0 Å². The highest BCUT2D eigenvalue weighted by Crippen LogP contribution is 2.42.